The highest BCUT2D eigenvalue weighted by atomic mass is 35.5. The molecule has 0 spiro atoms. The van der Waals surface area contributed by atoms with Crippen LogP contribution in [0.4, 0.5) is 0 Å². The minimum Gasteiger partial charge on any atom is -0.353 e. The molecule has 3 N–H and O–H groups in total. The zero-order valence-electron chi connectivity index (χ0n) is 13.9. The molecule has 2 aromatic rings. The predicted octanol–water partition coefficient (Wildman–Crippen LogP) is 2.95. The molecule has 132 valence electrons. The fraction of sp³-hybridized carbons (Fsp3) is 0.278. The van der Waals surface area contributed by atoms with E-state index in [2.05, 4.69) is 22.3 Å². The Morgan fingerprint density at radius 2 is 1.42 bits per heavy atom. The lowest BCUT2D eigenvalue weighted by molar-refractivity contribution is -0.122. The molecule has 0 fully saturated rings. The van der Waals surface area contributed by atoms with E-state index in [1.54, 1.807) is 0 Å². The zero-order valence-corrected chi connectivity index (χ0v) is 15.5. The molecule has 6 heteroatoms. The van der Waals surface area contributed by atoms with Gasteiger partial charge >= 0.3 is 0 Å². The fourth-order valence-electron chi connectivity index (χ4n) is 2.39. The molecule has 0 saturated carbocycles. The average molecular weight is 370 g/mol. The second-order valence-corrected chi connectivity index (χ2v) is 5.52. The van der Waals surface area contributed by atoms with Gasteiger partial charge in [0.2, 0.25) is 5.91 Å². The highest BCUT2D eigenvalue weighted by Gasteiger charge is 2.19. The third kappa shape index (κ3) is 6.13. The van der Waals surface area contributed by atoms with Crippen molar-refractivity contribution < 1.29 is 4.79 Å². The first kappa shape index (κ1) is 22.4. The van der Waals surface area contributed by atoms with Crippen LogP contribution in [-0.2, 0) is 4.79 Å². The summed E-state index contributed by atoms with van der Waals surface area (Å²) in [6.07, 6.45) is 0. The number of likely N-dealkylation sites (N-methyl/N-ethyl adjacent to an activating group) is 1. The van der Waals surface area contributed by atoms with Crippen LogP contribution in [0.5, 0.6) is 0 Å². The Morgan fingerprint density at radius 3 is 1.88 bits per heavy atom. The fourth-order valence-corrected chi connectivity index (χ4v) is 2.39. The number of nitrogens with zero attached hydrogens (tertiary/aromatic N) is 1. The zero-order chi connectivity index (χ0) is 15.9. The number of carbonyl (C=O) groups is 1. The predicted molar refractivity (Wildman–Crippen MR) is 104 cm³/mol. The highest BCUT2D eigenvalue weighted by molar-refractivity contribution is 5.85. The number of carbonyl (C=O) groups excluding carboxylic acids is 1. The van der Waals surface area contributed by atoms with Gasteiger partial charge in [0.15, 0.2) is 0 Å². The number of amides is 1. The van der Waals surface area contributed by atoms with Crippen LogP contribution in [-0.4, -0.2) is 31.4 Å². The van der Waals surface area contributed by atoms with Gasteiger partial charge in [-0.05, 0) is 25.2 Å². The van der Waals surface area contributed by atoms with Crippen molar-refractivity contribution in [1.29, 1.82) is 0 Å². The summed E-state index contributed by atoms with van der Waals surface area (Å²) >= 11 is 0. The van der Waals surface area contributed by atoms with Crippen molar-refractivity contribution in [2.75, 3.05) is 20.6 Å². The minimum absolute atomic E-state index is 0. The van der Waals surface area contributed by atoms with Crippen LogP contribution in [0.25, 0.3) is 0 Å². The van der Waals surface area contributed by atoms with Crippen LogP contribution in [0.15, 0.2) is 60.7 Å². The molecular formula is C18H25Cl2N3O. The number of hydrogen-bond acceptors (Lipinski definition) is 3. The van der Waals surface area contributed by atoms with Gasteiger partial charge < -0.3 is 16.0 Å². The molecule has 0 saturated heterocycles. The van der Waals surface area contributed by atoms with E-state index < -0.39 is 6.04 Å². The van der Waals surface area contributed by atoms with Crippen molar-refractivity contribution >= 4 is 30.7 Å². The van der Waals surface area contributed by atoms with Crippen LogP contribution < -0.4 is 11.1 Å². The summed E-state index contributed by atoms with van der Waals surface area (Å²) in [5.41, 5.74) is 8.00. The van der Waals surface area contributed by atoms with Gasteiger partial charge in [-0.15, -0.1) is 24.8 Å². The Bertz CT molecular complexity index is 594. The first-order chi connectivity index (χ1) is 10.6. The Labute approximate surface area is 156 Å². The summed E-state index contributed by atoms with van der Waals surface area (Å²) in [5, 5.41) is 2.96. The molecular weight excluding hydrogens is 345 g/mol. The lowest BCUT2D eigenvalue weighted by Crippen LogP contribution is -2.39. The summed E-state index contributed by atoms with van der Waals surface area (Å²) in [6.45, 7) is 0.524. The standard InChI is InChI=1S/C18H23N3O.2ClH/c1-21(2)16(14-9-5-3-6-10-14)13-20-18(22)17(19)15-11-7-4-8-12-15;;/h3-12,16-17H,13,19H2,1-2H3,(H,20,22);2*1H. The van der Waals surface area contributed by atoms with E-state index in [4.69, 9.17) is 5.73 Å². The summed E-state index contributed by atoms with van der Waals surface area (Å²) in [7, 11) is 4.00. The molecule has 0 aliphatic carbocycles. The summed E-state index contributed by atoms with van der Waals surface area (Å²) in [4.78, 5) is 14.3. The maximum absolute atomic E-state index is 12.2. The number of nitrogens with one attached hydrogen (secondary N) is 1. The van der Waals surface area contributed by atoms with E-state index >= 15 is 0 Å². The van der Waals surface area contributed by atoms with Crippen molar-refractivity contribution in [3.05, 3.63) is 71.8 Å². The van der Waals surface area contributed by atoms with Crippen molar-refractivity contribution in [1.82, 2.24) is 10.2 Å². The van der Waals surface area contributed by atoms with Gasteiger partial charge in [0.05, 0.1) is 6.04 Å². The van der Waals surface area contributed by atoms with Crippen molar-refractivity contribution in [2.45, 2.75) is 12.1 Å². The minimum atomic E-state index is -0.639. The Hall–Kier alpha value is -1.59. The van der Waals surface area contributed by atoms with Crippen molar-refractivity contribution in [2.24, 2.45) is 5.73 Å². The number of halogens is 2. The van der Waals surface area contributed by atoms with E-state index in [1.165, 1.54) is 5.56 Å². The van der Waals surface area contributed by atoms with Crippen molar-refractivity contribution in [3.63, 3.8) is 0 Å². The molecule has 0 aliphatic rings. The van der Waals surface area contributed by atoms with Crippen molar-refractivity contribution in [3.8, 4) is 0 Å². The SMILES string of the molecule is CN(C)C(CNC(=O)C(N)c1ccccc1)c1ccccc1.Cl.Cl. The van der Waals surface area contributed by atoms with Crippen LogP contribution in [0.3, 0.4) is 0 Å². The quantitative estimate of drug-likeness (QED) is 0.822. The molecule has 2 aromatic carbocycles. The van der Waals surface area contributed by atoms with Crippen LogP contribution in [0, 0.1) is 0 Å². The molecule has 0 aliphatic heterocycles. The molecule has 1 amide bonds. The van der Waals surface area contributed by atoms with Crippen LogP contribution >= 0.6 is 24.8 Å². The summed E-state index contributed by atoms with van der Waals surface area (Å²) in [5.74, 6) is -0.158. The van der Waals surface area contributed by atoms with Gasteiger partial charge in [0, 0.05) is 6.54 Å². The van der Waals surface area contributed by atoms with E-state index in [9.17, 15) is 4.79 Å². The number of rotatable bonds is 6. The monoisotopic (exact) mass is 369 g/mol. The Morgan fingerprint density at radius 1 is 0.958 bits per heavy atom. The molecule has 2 unspecified atom stereocenters. The summed E-state index contributed by atoms with van der Waals surface area (Å²) < 4.78 is 0. The van der Waals surface area contributed by atoms with Gasteiger partial charge in [-0.2, -0.15) is 0 Å². The maximum Gasteiger partial charge on any atom is 0.241 e. The van der Waals surface area contributed by atoms with Crippen LogP contribution in [0.1, 0.15) is 23.2 Å². The molecule has 0 heterocycles. The molecule has 0 bridgehead atoms. The number of nitrogens with two attached hydrogens (primary N) is 1. The lowest BCUT2D eigenvalue weighted by Gasteiger charge is -2.25. The normalized spacial score (nSPS) is 12.5. The highest BCUT2D eigenvalue weighted by Crippen LogP contribution is 2.17. The Balaban J connectivity index is 0.00000264. The molecule has 0 aromatic heterocycles. The summed E-state index contributed by atoms with van der Waals surface area (Å²) in [6, 6.07) is 19.0. The first-order valence-corrected chi connectivity index (χ1v) is 7.39. The molecule has 2 rings (SSSR count). The van der Waals surface area contributed by atoms with Gasteiger partial charge in [0.1, 0.15) is 6.04 Å². The second-order valence-electron chi connectivity index (χ2n) is 5.52. The third-order valence-corrected chi connectivity index (χ3v) is 3.72. The second kappa shape index (κ2) is 11.0. The van der Waals surface area contributed by atoms with Gasteiger partial charge in [-0.1, -0.05) is 60.7 Å². The van der Waals surface area contributed by atoms with E-state index in [0.717, 1.165) is 5.56 Å². The van der Waals surface area contributed by atoms with Crippen LogP contribution in [0.2, 0.25) is 0 Å². The lowest BCUT2D eigenvalue weighted by atomic mass is 10.0. The number of benzene rings is 2. The number of hydrogen-bond donors (Lipinski definition) is 2. The van der Waals surface area contributed by atoms with E-state index in [0.29, 0.717) is 6.54 Å². The van der Waals surface area contributed by atoms with E-state index in [-0.39, 0.29) is 36.8 Å². The van der Waals surface area contributed by atoms with Gasteiger partial charge in [0.25, 0.3) is 0 Å². The van der Waals surface area contributed by atoms with Gasteiger partial charge in [-0.25, -0.2) is 0 Å². The molecule has 2 atom stereocenters. The van der Waals surface area contributed by atoms with Gasteiger partial charge in [-0.3, -0.25) is 4.79 Å². The average Bonchev–Trinajstić information content (AvgIpc) is 2.55. The molecule has 24 heavy (non-hydrogen) atoms. The van der Waals surface area contributed by atoms with E-state index in [1.807, 2.05) is 62.6 Å². The molecule has 0 radical (unpaired) electrons. The maximum atomic E-state index is 12.2. The third-order valence-electron chi connectivity index (χ3n) is 3.72. The first-order valence-electron chi connectivity index (χ1n) is 7.39. The topological polar surface area (TPSA) is 58.4 Å². The Kier molecular flexibility index (Phi) is 10.3. The molecule has 4 nitrogen and oxygen atoms in total. The smallest absolute Gasteiger partial charge is 0.241 e. The largest absolute Gasteiger partial charge is 0.353 e.